The van der Waals surface area contributed by atoms with Crippen LogP contribution < -0.4 is 4.90 Å². The van der Waals surface area contributed by atoms with Gasteiger partial charge in [0.2, 0.25) is 0 Å². The van der Waals surface area contributed by atoms with E-state index in [1.807, 2.05) is 13.0 Å². The number of nitrogens with zero attached hydrogens (tertiary/aromatic N) is 2. The largest absolute Gasteiger partial charge is 0.375 e. The Morgan fingerprint density at radius 3 is 2.83 bits per heavy atom. The molecule has 1 aliphatic rings. The first kappa shape index (κ1) is 16.8. The minimum absolute atomic E-state index is 0.304. The standard InChI is InChI=1S/C18H17BrN2O3/c1-2-8-21-15-6-5-13(19)9-14(15)18(24,17(21)23)10-16(22)12-4-3-7-20-11-12/h3-7,9,11,24H,2,8,10H2,1H3/t18-/m1/s1. The number of ketones is 1. The topological polar surface area (TPSA) is 70.5 Å². The van der Waals surface area contributed by atoms with E-state index >= 15 is 0 Å². The van der Waals surface area contributed by atoms with Crippen LogP contribution in [-0.4, -0.2) is 28.3 Å². The van der Waals surface area contributed by atoms with Gasteiger partial charge in [-0.1, -0.05) is 22.9 Å². The number of carbonyl (C=O) groups excluding carboxylic acids is 2. The van der Waals surface area contributed by atoms with Crippen LogP contribution in [0.2, 0.25) is 0 Å². The normalized spacial score (nSPS) is 19.5. The molecule has 1 aliphatic heterocycles. The lowest BCUT2D eigenvalue weighted by molar-refractivity contribution is -0.135. The Hall–Kier alpha value is -2.05. The van der Waals surface area contributed by atoms with Crippen molar-refractivity contribution in [2.45, 2.75) is 25.4 Å². The number of aromatic nitrogens is 1. The van der Waals surface area contributed by atoms with Gasteiger partial charge < -0.3 is 10.0 Å². The van der Waals surface area contributed by atoms with E-state index in [2.05, 4.69) is 20.9 Å². The average Bonchev–Trinajstić information content (AvgIpc) is 2.78. The molecule has 1 aromatic heterocycles. The summed E-state index contributed by atoms with van der Waals surface area (Å²) in [6.07, 6.45) is 3.47. The van der Waals surface area contributed by atoms with Crippen molar-refractivity contribution in [2.75, 3.05) is 11.4 Å². The number of benzene rings is 1. The van der Waals surface area contributed by atoms with Crippen LogP contribution in [0.5, 0.6) is 0 Å². The fraction of sp³-hybridized carbons (Fsp3) is 0.278. The van der Waals surface area contributed by atoms with Crippen molar-refractivity contribution in [3.8, 4) is 0 Å². The van der Waals surface area contributed by atoms with Gasteiger partial charge >= 0.3 is 0 Å². The number of fused-ring (bicyclic) bond motifs is 1. The maximum atomic E-state index is 12.8. The zero-order valence-corrected chi connectivity index (χ0v) is 14.8. The Kier molecular flexibility index (Phi) is 4.51. The molecule has 2 heterocycles. The summed E-state index contributed by atoms with van der Waals surface area (Å²) in [5, 5.41) is 11.1. The van der Waals surface area contributed by atoms with Gasteiger partial charge in [-0.3, -0.25) is 14.6 Å². The molecule has 1 amide bonds. The molecular formula is C18H17BrN2O3. The number of amides is 1. The van der Waals surface area contributed by atoms with Gasteiger partial charge in [0.25, 0.3) is 5.91 Å². The van der Waals surface area contributed by atoms with Gasteiger partial charge in [0, 0.05) is 34.5 Å². The van der Waals surface area contributed by atoms with Crippen LogP contribution in [0.3, 0.4) is 0 Å². The van der Waals surface area contributed by atoms with E-state index in [0.717, 1.165) is 10.9 Å². The minimum atomic E-state index is -1.85. The van der Waals surface area contributed by atoms with E-state index in [4.69, 9.17) is 0 Å². The molecule has 2 aromatic rings. The first-order valence-electron chi connectivity index (χ1n) is 7.75. The van der Waals surface area contributed by atoms with Crippen LogP contribution in [0, 0.1) is 0 Å². The summed E-state index contributed by atoms with van der Waals surface area (Å²) in [4.78, 5) is 30.8. The van der Waals surface area contributed by atoms with Crippen LogP contribution in [0.15, 0.2) is 47.2 Å². The molecule has 1 N–H and O–H groups in total. The van der Waals surface area contributed by atoms with Crippen molar-refractivity contribution >= 4 is 33.3 Å². The Bertz CT molecular complexity index is 794. The molecule has 124 valence electrons. The number of Topliss-reactive ketones (excluding diaryl/α,β-unsaturated/α-hetero) is 1. The van der Waals surface area contributed by atoms with E-state index in [1.54, 1.807) is 35.4 Å². The summed E-state index contributed by atoms with van der Waals surface area (Å²) >= 11 is 3.37. The number of hydrogen-bond acceptors (Lipinski definition) is 4. The number of hydrogen-bond donors (Lipinski definition) is 1. The van der Waals surface area contributed by atoms with Gasteiger partial charge in [0.05, 0.1) is 12.1 Å². The summed E-state index contributed by atoms with van der Waals surface area (Å²) in [5.74, 6) is -0.766. The van der Waals surface area contributed by atoms with Crippen molar-refractivity contribution in [2.24, 2.45) is 0 Å². The molecule has 1 aromatic carbocycles. The first-order chi connectivity index (χ1) is 11.5. The summed E-state index contributed by atoms with van der Waals surface area (Å²) in [5.41, 5.74) is -0.343. The molecule has 5 nitrogen and oxygen atoms in total. The maximum Gasteiger partial charge on any atom is 0.264 e. The third-order valence-electron chi connectivity index (χ3n) is 4.14. The third kappa shape index (κ3) is 2.76. The lowest BCUT2D eigenvalue weighted by Crippen LogP contribution is -2.42. The van der Waals surface area contributed by atoms with Crippen LogP contribution in [0.25, 0.3) is 0 Å². The zero-order chi connectivity index (χ0) is 17.3. The van der Waals surface area contributed by atoms with Crippen LogP contribution in [0.4, 0.5) is 5.69 Å². The molecule has 0 bridgehead atoms. The number of rotatable bonds is 5. The summed E-state index contributed by atoms with van der Waals surface area (Å²) in [6, 6.07) is 8.60. The minimum Gasteiger partial charge on any atom is -0.375 e. The Morgan fingerprint density at radius 2 is 2.17 bits per heavy atom. The fourth-order valence-electron chi connectivity index (χ4n) is 3.00. The second kappa shape index (κ2) is 6.45. The number of carbonyl (C=O) groups is 2. The molecule has 1 atom stereocenters. The van der Waals surface area contributed by atoms with Crippen LogP contribution in [-0.2, 0) is 10.4 Å². The molecule has 0 spiro atoms. The Labute approximate surface area is 148 Å². The maximum absolute atomic E-state index is 12.8. The summed E-state index contributed by atoms with van der Waals surface area (Å²) < 4.78 is 0.750. The Balaban J connectivity index is 2.01. The molecule has 3 rings (SSSR count). The van der Waals surface area contributed by atoms with Gasteiger partial charge in [-0.25, -0.2) is 0 Å². The smallest absolute Gasteiger partial charge is 0.264 e. The number of anilines is 1. The molecule has 0 radical (unpaired) electrons. The quantitative estimate of drug-likeness (QED) is 0.798. The Morgan fingerprint density at radius 1 is 1.38 bits per heavy atom. The molecule has 6 heteroatoms. The van der Waals surface area contributed by atoms with Gasteiger partial charge in [0.1, 0.15) is 0 Å². The molecular weight excluding hydrogens is 372 g/mol. The lowest BCUT2D eigenvalue weighted by atomic mass is 9.88. The highest BCUT2D eigenvalue weighted by Crippen LogP contribution is 2.44. The molecule has 0 saturated carbocycles. The fourth-order valence-corrected chi connectivity index (χ4v) is 3.36. The second-order valence-electron chi connectivity index (χ2n) is 5.82. The molecule has 0 saturated heterocycles. The number of pyridine rings is 1. The van der Waals surface area contributed by atoms with Crippen LogP contribution in [0.1, 0.15) is 35.7 Å². The first-order valence-corrected chi connectivity index (χ1v) is 8.54. The molecule has 0 aliphatic carbocycles. The number of aliphatic hydroxyl groups is 1. The van der Waals surface area contributed by atoms with Crippen molar-refractivity contribution in [3.05, 3.63) is 58.3 Å². The highest BCUT2D eigenvalue weighted by Gasteiger charge is 2.50. The van der Waals surface area contributed by atoms with Gasteiger partial charge in [-0.2, -0.15) is 0 Å². The zero-order valence-electron chi connectivity index (χ0n) is 13.2. The highest BCUT2D eigenvalue weighted by molar-refractivity contribution is 9.10. The van der Waals surface area contributed by atoms with E-state index in [9.17, 15) is 14.7 Å². The third-order valence-corrected chi connectivity index (χ3v) is 4.63. The second-order valence-corrected chi connectivity index (χ2v) is 6.74. The highest BCUT2D eigenvalue weighted by atomic mass is 79.9. The average molecular weight is 389 g/mol. The van der Waals surface area contributed by atoms with Crippen molar-refractivity contribution in [1.29, 1.82) is 0 Å². The number of halogens is 1. The predicted molar refractivity (Wildman–Crippen MR) is 93.9 cm³/mol. The molecule has 0 unspecified atom stereocenters. The van der Waals surface area contributed by atoms with E-state index < -0.39 is 11.5 Å². The predicted octanol–water partition coefficient (Wildman–Crippen LogP) is 3.06. The SMILES string of the molecule is CCCN1C(=O)[C@@](O)(CC(=O)c2cccnc2)c2cc(Br)ccc21. The van der Waals surface area contributed by atoms with Gasteiger partial charge in [-0.15, -0.1) is 0 Å². The van der Waals surface area contributed by atoms with Gasteiger partial charge in [-0.05, 0) is 36.8 Å². The summed E-state index contributed by atoms with van der Waals surface area (Å²) in [6.45, 7) is 2.46. The molecule has 24 heavy (non-hydrogen) atoms. The van der Waals surface area contributed by atoms with E-state index in [1.165, 1.54) is 6.20 Å². The van der Waals surface area contributed by atoms with E-state index in [0.29, 0.717) is 23.4 Å². The lowest BCUT2D eigenvalue weighted by Gasteiger charge is -2.22. The van der Waals surface area contributed by atoms with Gasteiger partial charge in [0.15, 0.2) is 11.4 Å². The summed E-state index contributed by atoms with van der Waals surface area (Å²) in [7, 11) is 0. The van der Waals surface area contributed by atoms with Crippen molar-refractivity contribution < 1.29 is 14.7 Å². The van der Waals surface area contributed by atoms with Crippen molar-refractivity contribution in [1.82, 2.24) is 4.98 Å². The van der Waals surface area contributed by atoms with Crippen molar-refractivity contribution in [3.63, 3.8) is 0 Å². The monoisotopic (exact) mass is 388 g/mol. The van der Waals surface area contributed by atoms with Crippen LogP contribution >= 0.6 is 15.9 Å². The van der Waals surface area contributed by atoms with E-state index in [-0.39, 0.29) is 12.2 Å². The molecule has 0 fully saturated rings.